The van der Waals surface area contributed by atoms with Crippen molar-refractivity contribution in [1.82, 2.24) is 0 Å². The standard InChI is InChI=1S/C19H22N2O4S2/c1-4-25-18-8-6-5-7-16(18)20-27(23,24)15-9-10-19-17(11-15)21(14(3)22)12-13(2)26-19/h5-11,13,20H,4,12H2,1-3H3. The van der Waals surface area contributed by atoms with E-state index in [9.17, 15) is 13.2 Å². The molecule has 2 aromatic rings. The Balaban J connectivity index is 1.97. The van der Waals surface area contributed by atoms with Gasteiger partial charge in [0.1, 0.15) is 5.75 Å². The third kappa shape index (κ3) is 4.22. The van der Waals surface area contributed by atoms with Gasteiger partial charge in [-0.2, -0.15) is 0 Å². The van der Waals surface area contributed by atoms with E-state index in [-0.39, 0.29) is 16.1 Å². The van der Waals surface area contributed by atoms with Gasteiger partial charge in [0.2, 0.25) is 5.91 Å². The highest BCUT2D eigenvalue weighted by molar-refractivity contribution is 8.00. The number of nitrogens with one attached hydrogen (secondary N) is 1. The number of nitrogens with zero attached hydrogens (tertiary/aromatic N) is 1. The number of anilines is 2. The molecule has 1 amide bonds. The molecule has 1 heterocycles. The number of para-hydroxylation sites is 2. The molecule has 0 bridgehead atoms. The molecule has 6 nitrogen and oxygen atoms in total. The van der Waals surface area contributed by atoms with Crippen LogP contribution in [0.5, 0.6) is 5.75 Å². The number of ether oxygens (including phenoxy) is 1. The summed E-state index contributed by atoms with van der Waals surface area (Å²) in [7, 11) is -3.83. The second-order valence-electron chi connectivity index (χ2n) is 6.22. The van der Waals surface area contributed by atoms with Crippen LogP contribution in [0.2, 0.25) is 0 Å². The van der Waals surface area contributed by atoms with E-state index in [4.69, 9.17) is 4.74 Å². The van der Waals surface area contributed by atoms with Crippen LogP contribution in [0.3, 0.4) is 0 Å². The average Bonchev–Trinajstić information content (AvgIpc) is 2.62. The molecule has 0 radical (unpaired) electrons. The Hall–Kier alpha value is -2.19. The number of carbonyl (C=O) groups excluding carboxylic acids is 1. The van der Waals surface area contributed by atoms with Gasteiger partial charge in [-0.15, -0.1) is 11.8 Å². The summed E-state index contributed by atoms with van der Waals surface area (Å²) in [6.45, 7) is 6.35. The Bertz CT molecular complexity index is 960. The maximum atomic E-state index is 12.9. The van der Waals surface area contributed by atoms with Gasteiger partial charge in [-0.05, 0) is 37.3 Å². The number of hydrogen-bond acceptors (Lipinski definition) is 5. The van der Waals surface area contributed by atoms with E-state index in [1.54, 1.807) is 59.1 Å². The van der Waals surface area contributed by atoms with Gasteiger partial charge in [0.15, 0.2) is 0 Å². The minimum absolute atomic E-state index is 0.104. The van der Waals surface area contributed by atoms with Gasteiger partial charge in [-0.25, -0.2) is 8.42 Å². The van der Waals surface area contributed by atoms with Crippen LogP contribution in [0, 0.1) is 0 Å². The Labute approximate surface area is 164 Å². The lowest BCUT2D eigenvalue weighted by Gasteiger charge is -2.32. The minimum Gasteiger partial charge on any atom is -0.492 e. The van der Waals surface area contributed by atoms with Crippen molar-refractivity contribution in [3.63, 3.8) is 0 Å². The summed E-state index contributed by atoms with van der Waals surface area (Å²) in [6, 6.07) is 11.8. The monoisotopic (exact) mass is 406 g/mol. The number of carbonyl (C=O) groups is 1. The lowest BCUT2D eigenvalue weighted by Crippen LogP contribution is -2.37. The highest BCUT2D eigenvalue weighted by atomic mass is 32.2. The van der Waals surface area contributed by atoms with Crippen LogP contribution in [-0.4, -0.2) is 32.7 Å². The first-order valence-electron chi connectivity index (χ1n) is 8.65. The third-order valence-electron chi connectivity index (χ3n) is 4.11. The summed E-state index contributed by atoms with van der Waals surface area (Å²) in [5, 5.41) is 0.250. The van der Waals surface area contributed by atoms with Gasteiger partial charge in [0.25, 0.3) is 10.0 Å². The first-order valence-corrected chi connectivity index (χ1v) is 11.0. The van der Waals surface area contributed by atoms with Crippen LogP contribution in [-0.2, 0) is 14.8 Å². The molecule has 1 aliphatic heterocycles. The molecule has 144 valence electrons. The number of amides is 1. The van der Waals surface area contributed by atoms with Crippen molar-refractivity contribution >= 4 is 39.1 Å². The summed E-state index contributed by atoms with van der Waals surface area (Å²) in [6.07, 6.45) is 0. The highest BCUT2D eigenvalue weighted by Crippen LogP contribution is 2.40. The predicted octanol–water partition coefficient (Wildman–Crippen LogP) is 3.73. The first-order chi connectivity index (χ1) is 12.8. The first kappa shape index (κ1) is 19.6. The zero-order chi connectivity index (χ0) is 19.6. The molecule has 0 aliphatic carbocycles. The minimum atomic E-state index is -3.83. The van der Waals surface area contributed by atoms with Crippen LogP contribution in [0.15, 0.2) is 52.3 Å². The SMILES string of the molecule is CCOc1ccccc1NS(=O)(=O)c1ccc2c(c1)N(C(C)=O)CC(C)S2. The maximum Gasteiger partial charge on any atom is 0.262 e. The summed E-state index contributed by atoms with van der Waals surface area (Å²) in [4.78, 5) is 14.6. The lowest BCUT2D eigenvalue weighted by molar-refractivity contribution is -0.116. The molecule has 2 aromatic carbocycles. The van der Waals surface area contributed by atoms with Crippen LogP contribution < -0.4 is 14.4 Å². The normalized spacial score (nSPS) is 16.6. The van der Waals surface area contributed by atoms with E-state index in [1.807, 2.05) is 13.8 Å². The molecule has 3 rings (SSSR count). The zero-order valence-electron chi connectivity index (χ0n) is 15.4. The van der Waals surface area contributed by atoms with Crippen molar-refractivity contribution in [2.75, 3.05) is 22.8 Å². The van der Waals surface area contributed by atoms with Crippen molar-refractivity contribution < 1.29 is 17.9 Å². The number of hydrogen-bond donors (Lipinski definition) is 1. The second-order valence-corrected chi connectivity index (χ2v) is 9.38. The van der Waals surface area contributed by atoms with Gasteiger partial charge >= 0.3 is 0 Å². The number of thioether (sulfide) groups is 1. The fourth-order valence-corrected chi connectivity index (χ4v) is 5.10. The lowest BCUT2D eigenvalue weighted by atomic mass is 10.2. The maximum absolute atomic E-state index is 12.9. The molecular formula is C19H22N2O4S2. The van der Waals surface area contributed by atoms with Gasteiger partial charge in [-0.3, -0.25) is 9.52 Å². The van der Waals surface area contributed by atoms with Gasteiger partial charge in [0, 0.05) is 23.6 Å². The Morgan fingerprint density at radius 1 is 1.30 bits per heavy atom. The fraction of sp³-hybridized carbons (Fsp3) is 0.316. The average molecular weight is 407 g/mol. The van der Waals surface area contributed by atoms with E-state index in [2.05, 4.69) is 4.72 Å². The van der Waals surface area contributed by atoms with E-state index in [0.717, 1.165) is 4.90 Å². The van der Waals surface area contributed by atoms with E-state index in [0.29, 0.717) is 30.3 Å². The van der Waals surface area contributed by atoms with Gasteiger partial charge < -0.3 is 9.64 Å². The molecule has 1 N–H and O–H groups in total. The quantitative estimate of drug-likeness (QED) is 0.819. The van der Waals surface area contributed by atoms with E-state index < -0.39 is 10.0 Å². The fourth-order valence-electron chi connectivity index (χ4n) is 2.92. The van der Waals surface area contributed by atoms with Crippen molar-refractivity contribution in [3.05, 3.63) is 42.5 Å². The van der Waals surface area contributed by atoms with Crippen LogP contribution >= 0.6 is 11.8 Å². The third-order valence-corrected chi connectivity index (χ3v) is 6.62. The number of fused-ring (bicyclic) bond motifs is 1. The summed E-state index contributed by atoms with van der Waals surface area (Å²) < 4.78 is 33.9. The summed E-state index contributed by atoms with van der Waals surface area (Å²) in [5.74, 6) is 0.365. The molecule has 1 unspecified atom stereocenters. The number of rotatable bonds is 5. The molecule has 1 aliphatic rings. The molecule has 1 atom stereocenters. The molecule has 0 fully saturated rings. The van der Waals surface area contributed by atoms with E-state index in [1.165, 1.54) is 6.92 Å². The van der Waals surface area contributed by atoms with Crippen molar-refractivity contribution in [3.8, 4) is 5.75 Å². The molecule has 0 spiro atoms. The molecule has 0 aromatic heterocycles. The van der Waals surface area contributed by atoms with Crippen molar-refractivity contribution in [2.24, 2.45) is 0 Å². The Morgan fingerprint density at radius 3 is 2.74 bits per heavy atom. The van der Waals surface area contributed by atoms with Gasteiger partial charge in [0.05, 0.1) is 22.9 Å². The van der Waals surface area contributed by atoms with E-state index >= 15 is 0 Å². The smallest absolute Gasteiger partial charge is 0.262 e. The van der Waals surface area contributed by atoms with Crippen LogP contribution in [0.25, 0.3) is 0 Å². The number of benzene rings is 2. The Kier molecular flexibility index (Phi) is 5.67. The second kappa shape index (κ2) is 7.82. The van der Waals surface area contributed by atoms with Gasteiger partial charge in [-0.1, -0.05) is 19.1 Å². The molecule has 0 saturated carbocycles. The predicted molar refractivity (Wildman–Crippen MR) is 108 cm³/mol. The van der Waals surface area contributed by atoms with Crippen LogP contribution in [0.1, 0.15) is 20.8 Å². The van der Waals surface area contributed by atoms with Crippen LogP contribution in [0.4, 0.5) is 11.4 Å². The Morgan fingerprint density at radius 2 is 2.04 bits per heavy atom. The largest absolute Gasteiger partial charge is 0.492 e. The van der Waals surface area contributed by atoms with Crippen molar-refractivity contribution in [2.45, 2.75) is 35.8 Å². The highest BCUT2D eigenvalue weighted by Gasteiger charge is 2.27. The van der Waals surface area contributed by atoms with Crippen molar-refractivity contribution in [1.29, 1.82) is 0 Å². The molecule has 8 heteroatoms. The summed E-state index contributed by atoms with van der Waals surface area (Å²) >= 11 is 1.64. The number of sulfonamides is 1. The molecule has 27 heavy (non-hydrogen) atoms. The summed E-state index contributed by atoms with van der Waals surface area (Å²) in [5.41, 5.74) is 1.01. The zero-order valence-corrected chi connectivity index (χ0v) is 17.1. The molecular weight excluding hydrogens is 384 g/mol. The topological polar surface area (TPSA) is 75.7 Å². The molecule has 0 saturated heterocycles.